The van der Waals surface area contributed by atoms with Crippen molar-refractivity contribution in [3.8, 4) is 0 Å². The summed E-state index contributed by atoms with van der Waals surface area (Å²) in [6.45, 7) is 3.97. The van der Waals surface area contributed by atoms with E-state index in [0.717, 1.165) is 16.1 Å². The summed E-state index contributed by atoms with van der Waals surface area (Å²) in [7, 11) is 0. The molecule has 1 amide bonds. The van der Waals surface area contributed by atoms with Gasteiger partial charge in [0, 0.05) is 15.6 Å². The van der Waals surface area contributed by atoms with Crippen molar-refractivity contribution in [2.24, 2.45) is 0 Å². The largest absolute Gasteiger partial charge is 0.325 e. The number of amides is 1. The van der Waals surface area contributed by atoms with Gasteiger partial charge in [-0.05, 0) is 49.7 Å². The third kappa shape index (κ3) is 4.29. The normalized spacial score (nSPS) is 10.3. The summed E-state index contributed by atoms with van der Waals surface area (Å²) >= 11 is 7.42. The number of rotatable bonds is 4. The molecule has 2 aromatic carbocycles. The highest BCUT2D eigenvalue weighted by Crippen LogP contribution is 2.21. The van der Waals surface area contributed by atoms with E-state index in [-0.39, 0.29) is 5.91 Å². The Labute approximate surface area is 128 Å². The van der Waals surface area contributed by atoms with Crippen molar-refractivity contribution < 1.29 is 4.79 Å². The van der Waals surface area contributed by atoms with Gasteiger partial charge in [0.15, 0.2) is 0 Å². The molecule has 0 atom stereocenters. The molecule has 0 spiro atoms. The van der Waals surface area contributed by atoms with Crippen LogP contribution in [0.25, 0.3) is 0 Å². The molecule has 4 heteroatoms. The van der Waals surface area contributed by atoms with Crippen LogP contribution in [-0.2, 0) is 4.79 Å². The minimum atomic E-state index is -0.0130. The lowest BCUT2D eigenvalue weighted by atomic mass is 10.2. The highest BCUT2D eigenvalue weighted by molar-refractivity contribution is 8.00. The van der Waals surface area contributed by atoms with Crippen molar-refractivity contribution in [1.29, 1.82) is 0 Å². The summed E-state index contributed by atoms with van der Waals surface area (Å²) in [5.41, 5.74) is 2.99. The average Bonchev–Trinajstić information content (AvgIpc) is 2.41. The van der Waals surface area contributed by atoms with Crippen molar-refractivity contribution >= 4 is 35.0 Å². The number of carbonyl (C=O) groups is 1. The maximum atomic E-state index is 11.9. The SMILES string of the molecule is Cc1ccc(SCC(=O)Nc2ccc(Cl)cc2C)cc1. The van der Waals surface area contributed by atoms with Crippen LogP contribution >= 0.6 is 23.4 Å². The molecule has 0 aliphatic carbocycles. The zero-order chi connectivity index (χ0) is 14.5. The van der Waals surface area contributed by atoms with Crippen LogP contribution in [-0.4, -0.2) is 11.7 Å². The van der Waals surface area contributed by atoms with Crippen LogP contribution < -0.4 is 5.32 Å². The molecule has 0 bridgehead atoms. The first kappa shape index (κ1) is 14.9. The molecule has 2 aromatic rings. The smallest absolute Gasteiger partial charge is 0.234 e. The fraction of sp³-hybridized carbons (Fsp3) is 0.188. The number of carbonyl (C=O) groups excluding carboxylic acids is 1. The van der Waals surface area contributed by atoms with Crippen molar-refractivity contribution in [3.05, 3.63) is 58.6 Å². The predicted molar refractivity (Wildman–Crippen MR) is 86.7 cm³/mol. The summed E-state index contributed by atoms with van der Waals surface area (Å²) in [6, 6.07) is 13.6. The number of thioether (sulfide) groups is 1. The summed E-state index contributed by atoms with van der Waals surface area (Å²) < 4.78 is 0. The Kier molecular flexibility index (Phi) is 5.10. The maximum Gasteiger partial charge on any atom is 0.234 e. The van der Waals surface area contributed by atoms with E-state index in [1.807, 2.05) is 50.2 Å². The van der Waals surface area contributed by atoms with Gasteiger partial charge in [0.25, 0.3) is 0 Å². The zero-order valence-corrected chi connectivity index (χ0v) is 13.0. The minimum absolute atomic E-state index is 0.0130. The first-order valence-electron chi connectivity index (χ1n) is 6.30. The van der Waals surface area contributed by atoms with Crippen LogP contribution in [0, 0.1) is 13.8 Å². The summed E-state index contributed by atoms with van der Waals surface area (Å²) in [6.07, 6.45) is 0. The number of hydrogen-bond donors (Lipinski definition) is 1. The lowest BCUT2D eigenvalue weighted by molar-refractivity contribution is -0.113. The Balaban J connectivity index is 1.90. The standard InChI is InChI=1S/C16H16ClNOS/c1-11-3-6-14(7-4-11)20-10-16(19)18-15-8-5-13(17)9-12(15)2/h3-9H,10H2,1-2H3,(H,18,19). The van der Waals surface area contributed by atoms with Gasteiger partial charge in [-0.3, -0.25) is 4.79 Å². The van der Waals surface area contributed by atoms with E-state index in [9.17, 15) is 4.79 Å². The summed E-state index contributed by atoms with van der Waals surface area (Å²) in [5.74, 6) is 0.381. The quantitative estimate of drug-likeness (QED) is 0.830. The third-order valence-electron chi connectivity index (χ3n) is 2.85. The van der Waals surface area contributed by atoms with Gasteiger partial charge in [-0.2, -0.15) is 0 Å². The van der Waals surface area contributed by atoms with Crippen LogP contribution in [0.15, 0.2) is 47.4 Å². The molecule has 2 rings (SSSR count). The molecule has 0 saturated carbocycles. The van der Waals surface area contributed by atoms with Gasteiger partial charge >= 0.3 is 0 Å². The second-order valence-corrected chi connectivity index (χ2v) is 6.09. The van der Waals surface area contributed by atoms with Crippen LogP contribution in [0.5, 0.6) is 0 Å². The van der Waals surface area contributed by atoms with Gasteiger partial charge in [-0.15, -0.1) is 11.8 Å². The van der Waals surface area contributed by atoms with E-state index in [1.165, 1.54) is 17.3 Å². The molecule has 1 N–H and O–H groups in total. The topological polar surface area (TPSA) is 29.1 Å². The van der Waals surface area contributed by atoms with Crippen LogP contribution in [0.3, 0.4) is 0 Å². The van der Waals surface area contributed by atoms with Gasteiger partial charge in [0.05, 0.1) is 5.75 Å². The number of halogens is 1. The van der Waals surface area contributed by atoms with Crippen LogP contribution in [0.2, 0.25) is 5.02 Å². The van der Waals surface area contributed by atoms with Crippen LogP contribution in [0.1, 0.15) is 11.1 Å². The van der Waals surface area contributed by atoms with Crippen molar-refractivity contribution in [2.75, 3.05) is 11.1 Å². The lowest BCUT2D eigenvalue weighted by Crippen LogP contribution is -2.14. The Bertz CT molecular complexity index is 610. The molecule has 0 fully saturated rings. The Morgan fingerprint density at radius 3 is 2.50 bits per heavy atom. The van der Waals surface area contributed by atoms with Gasteiger partial charge in [0.1, 0.15) is 0 Å². The molecular formula is C16H16ClNOS. The van der Waals surface area contributed by atoms with Gasteiger partial charge in [-0.25, -0.2) is 0 Å². The lowest BCUT2D eigenvalue weighted by Gasteiger charge is -2.08. The fourth-order valence-corrected chi connectivity index (χ4v) is 2.66. The Hall–Kier alpha value is -1.45. The molecule has 0 heterocycles. The Morgan fingerprint density at radius 2 is 1.85 bits per heavy atom. The number of anilines is 1. The summed E-state index contributed by atoms with van der Waals surface area (Å²) in [4.78, 5) is 13.0. The number of hydrogen-bond acceptors (Lipinski definition) is 2. The number of benzene rings is 2. The minimum Gasteiger partial charge on any atom is -0.325 e. The molecule has 0 aliphatic heterocycles. The first-order chi connectivity index (χ1) is 9.54. The molecule has 2 nitrogen and oxygen atoms in total. The average molecular weight is 306 g/mol. The fourth-order valence-electron chi connectivity index (χ4n) is 1.74. The highest BCUT2D eigenvalue weighted by atomic mass is 35.5. The molecular weight excluding hydrogens is 290 g/mol. The van der Waals surface area contributed by atoms with E-state index >= 15 is 0 Å². The molecule has 0 aromatic heterocycles. The highest BCUT2D eigenvalue weighted by Gasteiger charge is 2.06. The summed E-state index contributed by atoms with van der Waals surface area (Å²) in [5, 5.41) is 3.58. The van der Waals surface area contributed by atoms with Gasteiger partial charge in [-0.1, -0.05) is 29.3 Å². The maximum absolute atomic E-state index is 11.9. The second-order valence-electron chi connectivity index (χ2n) is 4.61. The zero-order valence-electron chi connectivity index (χ0n) is 11.4. The second kappa shape index (κ2) is 6.82. The van der Waals surface area contributed by atoms with Gasteiger partial charge in [0.2, 0.25) is 5.91 Å². The molecule has 0 aliphatic rings. The van der Waals surface area contributed by atoms with Crippen molar-refractivity contribution in [2.45, 2.75) is 18.7 Å². The van der Waals surface area contributed by atoms with Crippen LogP contribution in [0.4, 0.5) is 5.69 Å². The molecule has 104 valence electrons. The molecule has 0 radical (unpaired) electrons. The van der Waals surface area contributed by atoms with E-state index in [1.54, 1.807) is 6.07 Å². The predicted octanol–water partition coefficient (Wildman–Crippen LogP) is 4.69. The van der Waals surface area contributed by atoms with Crippen molar-refractivity contribution in [1.82, 2.24) is 0 Å². The van der Waals surface area contributed by atoms with E-state index in [4.69, 9.17) is 11.6 Å². The van der Waals surface area contributed by atoms with E-state index in [2.05, 4.69) is 5.32 Å². The monoisotopic (exact) mass is 305 g/mol. The number of aryl methyl sites for hydroxylation is 2. The Morgan fingerprint density at radius 1 is 1.15 bits per heavy atom. The third-order valence-corrected chi connectivity index (χ3v) is 4.10. The van der Waals surface area contributed by atoms with Crippen molar-refractivity contribution in [3.63, 3.8) is 0 Å². The van der Waals surface area contributed by atoms with E-state index in [0.29, 0.717) is 10.8 Å². The molecule has 20 heavy (non-hydrogen) atoms. The molecule has 0 unspecified atom stereocenters. The van der Waals surface area contributed by atoms with E-state index < -0.39 is 0 Å². The first-order valence-corrected chi connectivity index (χ1v) is 7.66. The van der Waals surface area contributed by atoms with Gasteiger partial charge < -0.3 is 5.32 Å². The number of nitrogens with one attached hydrogen (secondary N) is 1. The molecule has 0 saturated heterocycles.